The Labute approximate surface area is 152 Å². The molecule has 0 radical (unpaired) electrons. The number of amides is 2. The molecule has 2 aliphatic heterocycles. The summed E-state index contributed by atoms with van der Waals surface area (Å²) in [4.78, 5) is 28.6. The summed E-state index contributed by atoms with van der Waals surface area (Å²) < 4.78 is 0. The molecule has 0 aromatic heterocycles. The number of hydrogen-bond acceptors (Lipinski definition) is 3. The number of rotatable bonds is 3. The lowest BCUT2D eigenvalue weighted by atomic mass is 9.94. The number of piperidine rings is 2. The van der Waals surface area contributed by atoms with Crippen molar-refractivity contribution in [1.82, 2.24) is 15.1 Å². The van der Waals surface area contributed by atoms with Crippen LogP contribution in [-0.4, -0.2) is 59.9 Å². The number of nitrogens with one attached hydrogen (secondary N) is 1. The van der Waals surface area contributed by atoms with Gasteiger partial charge in [0.2, 0.25) is 11.8 Å². The average molecular weight is 350 g/mol. The van der Waals surface area contributed by atoms with E-state index in [4.69, 9.17) is 0 Å². The predicted octanol–water partition coefficient (Wildman–Crippen LogP) is 2.55. The van der Waals surface area contributed by atoms with Gasteiger partial charge >= 0.3 is 0 Å². The summed E-state index contributed by atoms with van der Waals surface area (Å²) in [5.41, 5.74) is 0. The highest BCUT2D eigenvalue weighted by atomic mass is 16.2. The first-order chi connectivity index (χ1) is 12.1. The van der Waals surface area contributed by atoms with Gasteiger partial charge in [0.05, 0.1) is 0 Å². The highest BCUT2D eigenvalue weighted by Gasteiger charge is 2.30. The van der Waals surface area contributed by atoms with Crippen LogP contribution in [0.1, 0.15) is 71.1 Å². The monoisotopic (exact) mass is 349 g/mol. The van der Waals surface area contributed by atoms with Gasteiger partial charge in [0, 0.05) is 44.6 Å². The summed E-state index contributed by atoms with van der Waals surface area (Å²) in [7, 11) is 0. The lowest BCUT2D eigenvalue weighted by molar-refractivity contribution is -0.134. The topological polar surface area (TPSA) is 52.7 Å². The van der Waals surface area contributed by atoms with Crippen molar-refractivity contribution in [2.24, 2.45) is 5.92 Å². The van der Waals surface area contributed by atoms with Crippen LogP contribution in [0.5, 0.6) is 0 Å². The minimum Gasteiger partial charge on any atom is -0.352 e. The fourth-order valence-corrected chi connectivity index (χ4v) is 4.85. The van der Waals surface area contributed by atoms with E-state index in [9.17, 15) is 9.59 Å². The van der Waals surface area contributed by atoms with E-state index < -0.39 is 0 Å². The molecule has 0 bridgehead atoms. The molecule has 1 saturated carbocycles. The van der Waals surface area contributed by atoms with E-state index >= 15 is 0 Å². The van der Waals surface area contributed by atoms with Crippen molar-refractivity contribution in [1.29, 1.82) is 0 Å². The van der Waals surface area contributed by atoms with E-state index in [0.717, 1.165) is 44.9 Å². The normalized spacial score (nSPS) is 27.7. The van der Waals surface area contributed by atoms with Gasteiger partial charge in [-0.2, -0.15) is 0 Å². The maximum absolute atomic E-state index is 12.6. The van der Waals surface area contributed by atoms with E-state index in [1.807, 2.05) is 4.90 Å². The summed E-state index contributed by atoms with van der Waals surface area (Å²) >= 11 is 0. The Bertz CT molecular complexity index is 452. The molecule has 0 aromatic rings. The Morgan fingerprint density at radius 2 is 1.52 bits per heavy atom. The first-order valence-electron chi connectivity index (χ1n) is 10.4. The van der Waals surface area contributed by atoms with Gasteiger partial charge in [-0.1, -0.05) is 25.7 Å². The Morgan fingerprint density at radius 1 is 0.840 bits per heavy atom. The largest absolute Gasteiger partial charge is 0.352 e. The molecule has 3 aliphatic rings. The minimum atomic E-state index is 0.0869. The van der Waals surface area contributed by atoms with Gasteiger partial charge in [0.25, 0.3) is 0 Å². The van der Waals surface area contributed by atoms with Gasteiger partial charge in [-0.25, -0.2) is 0 Å². The van der Waals surface area contributed by atoms with Gasteiger partial charge in [-0.05, 0) is 45.1 Å². The van der Waals surface area contributed by atoms with Crippen molar-refractivity contribution in [3.05, 3.63) is 0 Å². The molecular formula is C20H35N3O2. The molecule has 5 nitrogen and oxygen atoms in total. The van der Waals surface area contributed by atoms with Crippen molar-refractivity contribution < 1.29 is 9.59 Å². The molecule has 2 saturated heterocycles. The van der Waals surface area contributed by atoms with Crippen LogP contribution in [0.25, 0.3) is 0 Å². The average Bonchev–Trinajstić information content (AvgIpc) is 2.91. The van der Waals surface area contributed by atoms with Crippen LogP contribution in [0.3, 0.4) is 0 Å². The molecule has 1 unspecified atom stereocenters. The standard InChI is InChI=1S/C20H35N3O2/c1-16(24)22-13-10-17(11-14-22)20(25)21-18-7-6-12-23(15-18)19-8-4-2-3-5-9-19/h17-19H,2-15H2,1H3,(H,21,25). The lowest BCUT2D eigenvalue weighted by Crippen LogP contribution is -2.52. The van der Waals surface area contributed by atoms with Crippen LogP contribution in [0.15, 0.2) is 0 Å². The molecule has 2 heterocycles. The van der Waals surface area contributed by atoms with Crippen LogP contribution in [0, 0.1) is 5.92 Å². The fraction of sp³-hybridized carbons (Fsp3) is 0.900. The van der Waals surface area contributed by atoms with Crippen molar-refractivity contribution in [2.75, 3.05) is 26.2 Å². The highest BCUT2D eigenvalue weighted by Crippen LogP contribution is 2.25. The maximum atomic E-state index is 12.6. The third-order valence-corrected chi connectivity index (χ3v) is 6.45. The number of nitrogens with zero attached hydrogens (tertiary/aromatic N) is 2. The Hall–Kier alpha value is -1.10. The molecule has 1 N–H and O–H groups in total. The van der Waals surface area contributed by atoms with Gasteiger partial charge in [-0.3, -0.25) is 14.5 Å². The zero-order valence-electron chi connectivity index (χ0n) is 15.8. The molecule has 0 spiro atoms. The summed E-state index contributed by atoms with van der Waals surface area (Å²) in [6.45, 7) is 5.31. The summed E-state index contributed by atoms with van der Waals surface area (Å²) in [5.74, 6) is 0.435. The molecule has 2 amide bonds. The van der Waals surface area contributed by atoms with Crippen LogP contribution >= 0.6 is 0 Å². The molecule has 3 fully saturated rings. The van der Waals surface area contributed by atoms with E-state index in [2.05, 4.69) is 10.2 Å². The highest BCUT2D eigenvalue weighted by molar-refractivity contribution is 5.79. The molecule has 25 heavy (non-hydrogen) atoms. The number of hydrogen-bond donors (Lipinski definition) is 1. The zero-order chi connectivity index (χ0) is 17.6. The van der Waals surface area contributed by atoms with Crippen molar-refractivity contribution in [2.45, 2.75) is 83.2 Å². The van der Waals surface area contributed by atoms with Crippen molar-refractivity contribution in [3.8, 4) is 0 Å². The maximum Gasteiger partial charge on any atom is 0.223 e. The number of carbonyl (C=O) groups is 2. The number of carbonyl (C=O) groups excluding carboxylic acids is 2. The molecule has 5 heteroatoms. The van der Waals surface area contributed by atoms with E-state index in [1.165, 1.54) is 51.5 Å². The Balaban J connectivity index is 1.45. The number of likely N-dealkylation sites (tertiary alicyclic amines) is 2. The molecular weight excluding hydrogens is 314 g/mol. The van der Waals surface area contributed by atoms with Gasteiger partial charge in [0.15, 0.2) is 0 Å². The first-order valence-corrected chi connectivity index (χ1v) is 10.4. The summed E-state index contributed by atoms with van der Waals surface area (Å²) in [6, 6.07) is 1.05. The fourth-order valence-electron chi connectivity index (χ4n) is 4.85. The van der Waals surface area contributed by atoms with Crippen molar-refractivity contribution >= 4 is 11.8 Å². The summed E-state index contributed by atoms with van der Waals surface area (Å²) in [5, 5.41) is 3.33. The predicted molar refractivity (Wildman–Crippen MR) is 99.2 cm³/mol. The van der Waals surface area contributed by atoms with E-state index in [0.29, 0.717) is 6.04 Å². The SMILES string of the molecule is CC(=O)N1CCC(C(=O)NC2CCCN(C3CCCCCC3)C2)CC1. The minimum absolute atomic E-state index is 0.0869. The smallest absolute Gasteiger partial charge is 0.223 e. The van der Waals surface area contributed by atoms with Gasteiger partial charge in [-0.15, -0.1) is 0 Å². The lowest BCUT2D eigenvalue weighted by Gasteiger charge is -2.39. The van der Waals surface area contributed by atoms with Crippen molar-refractivity contribution in [3.63, 3.8) is 0 Å². The quantitative estimate of drug-likeness (QED) is 0.797. The first kappa shape index (κ1) is 18.7. The molecule has 1 aliphatic carbocycles. The van der Waals surface area contributed by atoms with Crippen LogP contribution in [0.4, 0.5) is 0 Å². The summed E-state index contributed by atoms with van der Waals surface area (Å²) in [6.07, 6.45) is 12.1. The van der Waals surface area contributed by atoms with Crippen LogP contribution < -0.4 is 5.32 Å². The Kier molecular flexibility index (Phi) is 6.74. The van der Waals surface area contributed by atoms with Gasteiger partial charge in [0.1, 0.15) is 0 Å². The van der Waals surface area contributed by atoms with Gasteiger partial charge < -0.3 is 10.2 Å². The third kappa shape index (κ3) is 5.19. The van der Waals surface area contributed by atoms with Crippen LogP contribution in [-0.2, 0) is 9.59 Å². The second-order valence-electron chi connectivity index (χ2n) is 8.27. The second-order valence-corrected chi connectivity index (χ2v) is 8.27. The second kappa shape index (κ2) is 9.02. The zero-order valence-corrected chi connectivity index (χ0v) is 15.8. The van der Waals surface area contributed by atoms with E-state index in [-0.39, 0.29) is 17.7 Å². The molecule has 1 atom stereocenters. The molecule has 142 valence electrons. The Morgan fingerprint density at radius 3 is 2.16 bits per heavy atom. The van der Waals surface area contributed by atoms with E-state index in [1.54, 1.807) is 6.92 Å². The third-order valence-electron chi connectivity index (χ3n) is 6.45. The van der Waals surface area contributed by atoms with Crippen LogP contribution in [0.2, 0.25) is 0 Å². The molecule has 3 rings (SSSR count). The molecule has 0 aromatic carbocycles.